The Morgan fingerprint density at radius 3 is 2.29 bits per heavy atom. The SMILES string of the molecule is CCCCN(CC)C(=O)N1C2CCC1CC(CC(=O)O)C2. The molecule has 0 saturated carbocycles. The van der Waals surface area contributed by atoms with Gasteiger partial charge in [-0.2, -0.15) is 0 Å². The fourth-order valence-corrected chi connectivity index (χ4v) is 3.92. The first-order valence-electron chi connectivity index (χ1n) is 8.35. The third-order valence-electron chi connectivity index (χ3n) is 4.95. The monoisotopic (exact) mass is 296 g/mol. The average Bonchev–Trinajstić information content (AvgIpc) is 2.70. The number of carbonyl (C=O) groups excluding carboxylic acids is 1. The van der Waals surface area contributed by atoms with Crippen molar-refractivity contribution >= 4 is 12.0 Å². The zero-order chi connectivity index (χ0) is 15.4. The molecule has 0 radical (unpaired) electrons. The van der Waals surface area contributed by atoms with Crippen LogP contribution in [-0.4, -0.2) is 52.1 Å². The van der Waals surface area contributed by atoms with Gasteiger partial charge in [0.25, 0.3) is 0 Å². The number of hydrogen-bond acceptors (Lipinski definition) is 2. The summed E-state index contributed by atoms with van der Waals surface area (Å²) in [6.45, 7) is 5.76. The number of carboxylic acids is 1. The maximum absolute atomic E-state index is 12.8. The van der Waals surface area contributed by atoms with Crippen LogP contribution in [0.15, 0.2) is 0 Å². The number of fused-ring (bicyclic) bond motifs is 2. The minimum Gasteiger partial charge on any atom is -0.481 e. The number of rotatable bonds is 6. The summed E-state index contributed by atoms with van der Waals surface area (Å²) < 4.78 is 0. The van der Waals surface area contributed by atoms with Gasteiger partial charge >= 0.3 is 12.0 Å². The number of unbranched alkanes of at least 4 members (excludes halogenated alkanes) is 1. The maximum atomic E-state index is 12.8. The standard InChI is InChI=1S/C16H28N2O3/c1-3-5-8-17(4-2)16(21)18-13-6-7-14(18)10-12(9-13)11-15(19)20/h12-14H,3-11H2,1-2H3,(H,19,20). The molecule has 2 atom stereocenters. The van der Waals surface area contributed by atoms with Crippen molar-refractivity contribution in [2.75, 3.05) is 13.1 Å². The van der Waals surface area contributed by atoms with E-state index in [1.54, 1.807) is 0 Å². The Bertz CT molecular complexity index is 372. The van der Waals surface area contributed by atoms with Crippen LogP contribution < -0.4 is 0 Å². The third-order valence-corrected chi connectivity index (χ3v) is 4.95. The van der Waals surface area contributed by atoms with E-state index in [0.29, 0.717) is 0 Å². The van der Waals surface area contributed by atoms with Crippen LogP contribution in [0.2, 0.25) is 0 Å². The van der Waals surface area contributed by atoms with Gasteiger partial charge in [0.05, 0.1) is 0 Å². The maximum Gasteiger partial charge on any atom is 0.320 e. The second kappa shape index (κ2) is 7.14. The van der Waals surface area contributed by atoms with Crippen molar-refractivity contribution in [2.24, 2.45) is 5.92 Å². The molecule has 2 saturated heterocycles. The van der Waals surface area contributed by atoms with Gasteiger partial charge in [-0.25, -0.2) is 4.79 Å². The van der Waals surface area contributed by atoms with Crippen molar-refractivity contribution in [1.29, 1.82) is 0 Å². The highest BCUT2D eigenvalue weighted by Crippen LogP contribution is 2.40. The Labute approximate surface area is 127 Å². The Kier molecular flexibility index (Phi) is 5.48. The molecule has 0 aromatic rings. The smallest absolute Gasteiger partial charge is 0.320 e. The molecule has 2 aliphatic rings. The minimum absolute atomic E-state index is 0.173. The Morgan fingerprint density at radius 2 is 1.81 bits per heavy atom. The first kappa shape index (κ1) is 16.1. The van der Waals surface area contributed by atoms with E-state index in [-0.39, 0.29) is 30.5 Å². The van der Waals surface area contributed by atoms with Gasteiger partial charge in [0.15, 0.2) is 0 Å². The lowest BCUT2D eigenvalue weighted by Crippen LogP contribution is -2.52. The summed E-state index contributed by atoms with van der Waals surface area (Å²) in [5, 5.41) is 8.97. The topological polar surface area (TPSA) is 60.9 Å². The number of urea groups is 1. The number of amides is 2. The van der Waals surface area contributed by atoms with Crippen LogP contribution in [0.4, 0.5) is 4.79 Å². The molecule has 0 aliphatic carbocycles. The molecule has 2 fully saturated rings. The Morgan fingerprint density at radius 1 is 1.19 bits per heavy atom. The number of hydrogen-bond donors (Lipinski definition) is 1. The summed E-state index contributed by atoms with van der Waals surface area (Å²) >= 11 is 0. The van der Waals surface area contributed by atoms with Crippen LogP contribution in [0.25, 0.3) is 0 Å². The fourth-order valence-electron chi connectivity index (χ4n) is 3.92. The quantitative estimate of drug-likeness (QED) is 0.819. The molecule has 2 unspecified atom stereocenters. The Hall–Kier alpha value is -1.26. The summed E-state index contributed by atoms with van der Waals surface area (Å²) in [5.41, 5.74) is 0. The normalized spacial score (nSPS) is 27.7. The van der Waals surface area contributed by atoms with Gasteiger partial charge in [0.1, 0.15) is 0 Å². The van der Waals surface area contributed by atoms with Crippen LogP contribution in [0.1, 0.15) is 58.8 Å². The molecule has 2 amide bonds. The number of carbonyl (C=O) groups is 2. The molecular weight excluding hydrogens is 268 g/mol. The summed E-state index contributed by atoms with van der Waals surface area (Å²) in [4.78, 5) is 27.7. The predicted molar refractivity (Wildman–Crippen MR) is 81.2 cm³/mol. The average molecular weight is 296 g/mol. The summed E-state index contributed by atoms with van der Waals surface area (Å²) in [6.07, 6.45) is 6.19. The van der Waals surface area contributed by atoms with Crippen molar-refractivity contribution < 1.29 is 14.7 Å². The highest BCUT2D eigenvalue weighted by molar-refractivity contribution is 5.76. The van der Waals surface area contributed by atoms with Gasteiger partial charge in [0.2, 0.25) is 0 Å². The van der Waals surface area contributed by atoms with E-state index < -0.39 is 5.97 Å². The third kappa shape index (κ3) is 3.69. The molecule has 0 spiro atoms. The second-order valence-electron chi connectivity index (χ2n) is 6.44. The number of nitrogens with zero attached hydrogens (tertiary/aromatic N) is 2. The van der Waals surface area contributed by atoms with Crippen molar-refractivity contribution in [3.8, 4) is 0 Å². The first-order chi connectivity index (χ1) is 10.1. The molecule has 5 nitrogen and oxygen atoms in total. The van der Waals surface area contributed by atoms with E-state index in [0.717, 1.165) is 51.6 Å². The van der Waals surface area contributed by atoms with Crippen molar-refractivity contribution in [3.63, 3.8) is 0 Å². The lowest BCUT2D eigenvalue weighted by atomic mass is 9.88. The van der Waals surface area contributed by atoms with E-state index in [1.165, 1.54) is 0 Å². The Balaban J connectivity index is 1.98. The molecule has 2 heterocycles. The molecule has 120 valence electrons. The summed E-state index contributed by atoms with van der Waals surface area (Å²) in [7, 11) is 0. The number of carboxylic acid groups (broad SMARTS) is 1. The van der Waals surface area contributed by atoms with Crippen molar-refractivity contribution in [3.05, 3.63) is 0 Å². The molecule has 2 rings (SSSR count). The number of piperidine rings is 1. The lowest BCUT2D eigenvalue weighted by molar-refractivity contribution is -0.138. The largest absolute Gasteiger partial charge is 0.481 e. The fraction of sp³-hybridized carbons (Fsp3) is 0.875. The van der Waals surface area contributed by atoms with Gasteiger partial charge in [-0.15, -0.1) is 0 Å². The van der Waals surface area contributed by atoms with E-state index in [9.17, 15) is 9.59 Å². The molecule has 0 aromatic carbocycles. The second-order valence-corrected chi connectivity index (χ2v) is 6.44. The first-order valence-corrected chi connectivity index (χ1v) is 8.35. The van der Waals surface area contributed by atoms with Gasteiger partial charge in [-0.05, 0) is 44.9 Å². The highest BCUT2D eigenvalue weighted by atomic mass is 16.4. The van der Waals surface area contributed by atoms with E-state index in [1.807, 2.05) is 11.8 Å². The van der Waals surface area contributed by atoms with Gasteiger partial charge in [-0.1, -0.05) is 13.3 Å². The van der Waals surface area contributed by atoms with Crippen molar-refractivity contribution in [1.82, 2.24) is 9.80 Å². The highest BCUT2D eigenvalue weighted by Gasteiger charge is 2.44. The summed E-state index contributed by atoms with van der Waals surface area (Å²) in [6, 6.07) is 0.694. The van der Waals surface area contributed by atoms with Gasteiger partial charge in [-0.3, -0.25) is 4.79 Å². The number of aliphatic carboxylic acids is 1. The predicted octanol–water partition coefficient (Wildman–Crippen LogP) is 2.95. The molecule has 2 bridgehead atoms. The lowest BCUT2D eigenvalue weighted by Gasteiger charge is -2.41. The zero-order valence-electron chi connectivity index (χ0n) is 13.3. The van der Waals surface area contributed by atoms with Crippen LogP contribution >= 0.6 is 0 Å². The molecular formula is C16H28N2O3. The summed E-state index contributed by atoms with van der Waals surface area (Å²) in [5.74, 6) is -0.466. The molecule has 1 N–H and O–H groups in total. The van der Waals surface area contributed by atoms with Crippen LogP contribution in [-0.2, 0) is 4.79 Å². The van der Waals surface area contributed by atoms with Crippen molar-refractivity contribution in [2.45, 2.75) is 70.9 Å². The van der Waals surface area contributed by atoms with E-state index in [4.69, 9.17) is 5.11 Å². The van der Waals surface area contributed by atoms with E-state index >= 15 is 0 Å². The molecule has 2 aliphatic heterocycles. The van der Waals surface area contributed by atoms with Crippen LogP contribution in [0.5, 0.6) is 0 Å². The zero-order valence-corrected chi connectivity index (χ0v) is 13.3. The molecule has 21 heavy (non-hydrogen) atoms. The van der Waals surface area contributed by atoms with Gasteiger partial charge < -0.3 is 14.9 Å². The van der Waals surface area contributed by atoms with E-state index in [2.05, 4.69) is 11.8 Å². The molecule has 5 heteroatoms. The van der Waals surface area contributed by atoms with Crippen LogP contribution in [0, 0.1) is 5.92 Å². The van der Waals surface area contributed by atoms with Gasteiger partial charge in [0, 0.05) is 31.6 Å². The minimum atomic E-state index is -0.711. The molecule has 0 aromatic heterocycles. The van der Waals surface area contributed by atoms with Crippen LogP contribution in [0.3, 0.4) is 0 Å².